The molecule has 1 heterocycles. The van der Waals surface area contributed by atoms with Crippen LogP contribution in [0.2, 0.25) is 0 Å². The molecule has 1 aromatic heterocycles. The minimum absolute atomic E-state index is 0.0210. The fourth-order valence-corrected chi connectivity index (χ4v) is 0.593. The molecule has 0 saturated heterocycles. The van der Waals surface area contributed by atoms with E-state index in [1.165, 1.54) is 18.3 Å². The van der Waals surface area contributed by atoms with E-state index in [9.17, 15) is 9.59 Å². The van der Waals surface area contributed by atoms with Crippen LogP contribution in [0.15, 0.2) is 18.3 Å². The van der Waals surface area contributed by atoms with Crippen LogP contribution in [-0.4, -0.2) is 22.1 Å². The van der Waals surface area contributed by atoms with Gasteiger partial charge in [0.15, 0.2) is 5.69 Å². The van der Waals surface area contributed by atoms with Crippen molar-refractivity contribution in [1.29, 1.82) is 0 Å². The lowest BCUT2D eigenvalue weighted by Crippen LogP contribution is -2.11. The van der Waals surface area contributed by atoms with Gasteiger partial charge in [0, 0.05) is 13.1 Å². The summed E-state index contributed by atoms with van der Waals surface area (Å²) in [5.74, 6) is -1.44. The van der Waals surface area contributed by atoms with Gasteiger partial charge in [-0.25, -0.2) is 4.79 Å². The zero-order valence-corrected chi connectivity index (χ0v) is 6.35. The molecule has 0 aliphatic carbocycles. The highest BCUT2D eigenvalue weighted by Crippen LogP contribution is 1.94. The normalized spacial score (nSPS) is 9.08. The standard InChI is InChI=1S/C7H6N2O3/c1-5(10)12-7(11)6-3-2-4-8-9-6/h2-4H,1H3. The van der Waals surface area contributed by atoms with Gasteiger partial charge in [0.1, 0.15) is 0 Å². The number of nitrogens with zero attached hydrogens (tertiary/aromatic N) is 2. The van der Waals surface area contributed by atoms with Gasteiger partial charge in [-0.1, -0.05) is 0 Å². The van der Waals surface area contributed by atoms with E-state index in [0.29, 0.717) is 0 Å². The Morgan fingerprint density at radius 3 is 2.75 bits per heavy atom. The molecule has 5 heteroatoms. The number of rotatable bonds is 1. The second-order valence-electron chi connectivity index (χ2n) is 1.99. The highest BCUT2D eigenvalue weighted by Gasteiger charge is 2.10. The fraction of sp³-hybridized carbons (Fsp3) is 0.143. The van der Waals surface area contributed by atoms with Crippen LogP contribution < -0.4 is 0 Å². The first-order chi connectivity index (χ1) is 5.70. The molecule has 0 saturated carbocycles. The molecular weight excluding hydrogens is 160 g/mol. The molecule has 0 spiro atoms. The van der Waals surface area contributed by atoms with Crippen LogP contribution in [0.4, 0.5) is 0 Å². The molecule has 5 nitrogen and oxygen atoms in total. The number of carbonyl (C=O) groups excluding carboxylic acids is 2. The average Bonchev–Trinajstić information content (AvgIpc) is 2.05. The molecular formula is C7H6N2O3. The molecule has 0 amide bonds. The van der Waals surface area contributed by atoms with E-state index in [4.69, 9.17) is 0 Å². The third-order valence-corrected chi connectivity index (χ3v) is 1.02. The number of aromatic nitrogens is 2. The Morgan fingerprint density at radius 2 is 2.25 bits per heavy atom. The highest BCUT2D eigenvalue weighted by molar-refractivity contribution is 5.94. The van der Waals surface area contributed by atoms with E-state index in [-0.39, 0.29) is 5.69 Å². The summed E-state index contributed by atoms with van der Waals surface area (Å²) in [5, 5.41) is 6.91. The number of hydrogen-bond acceptors (Lipinski definition) is 5. The topological polar surface area (TPSA) is 69.2 Å². The Hall–Kier alpha value is -1.78. The van der Waals surface area contributed by atoms with E-state index in [1.807, 2.05) is 0 Å². The Morgan fingerprint density at radius 1 is 1.50 bits per heavy atom. The Balaban J connectivity index is 2.73. The van der Waals surface area contributed by atoms with Crippen molar-refractivity contribution in [2.75, 3.05) is 0 Å². The lowest BCUT2D eigenvalue weighted by molar-refractivity contribution is -0.135. The van der Waals surface area contributed by atoms with Crippen LogP contribution in [0.3, 0.4) is 0 Å². The fourth-order valence-electron chi connectivity index (χ4n) is 0.593. The summed E-state index contributed by atoms with van der Waals surface area (Å²) in [6.45, 7) is 1.15. The van der Waals surface area contributed by atoms with Crippen molar-refractivity contribution in [3.63, 3.8) is 0 Å². The summed E-state index contributed by atoms with van der Waals surface area (Å²) >= 11 is 0. The first kappa shape index (κ1) is 8.32. The van der Waals surface area contributed by atoms with E-state index in [0.717, 1.165) is 6.92 Å². The summed E-state index contributed by atoms with van der Waals surface area (Å²) in [6.07, 6.45) is 1.42. The molecule has 0 radical (unpaired) electrons. The van der Waals surface area contributed by atoms with E-state index >= 15 is 0 Å². The van der Waals surface area contributed by atoms with Gasteiger partial charge in [-0.2, -0.15) is 5.10 Å². The first-order valence-corrected chi connectivity index (χ1v) is 3.20. The van der Waals surface area contributed by atoms with Gasteiger partial charge >= 0.3 is 11.9 Å². The van der Waals surface area contributed by atoms with Gasteiger partial charge < -0.3 is 4.74 Å². The molecule has 12 heavy (non-hydrogen) atoms. The van der Waals surface area contributed by atoms with Gasteiger partial charge in [-0.3, -0.25) is 4.79 Å². The van der Waals surface area contributed by atoms with Gasteiger partial charge in [-0.05, 0) is 12.1 Å². The van der Waals surface area contributed by atoms with Crippen LogP contribution in [0.25, 0.3) is 0 Å². The lowest BCUT2D eigenvalue weighted by atomic mass is 10.4. The van der Waals surface area contributed by atoms with E-state index in [1.54, 1.807) is 0 Å². The molecule has 0 aromatic carbocycles. The summed E-state index contributed by atoms with van der Waals surface area (Å²) in [7, 11) is 0. The quantitative estimate of drug-likeness (QED) is 0.439. The van der Waals surface area contributed by atoms with Crippen molar-refractivity contribution in [2.45, 2.75) is 6.92 Å². The molecule has 62 valence electrons. The zero-order valence-electron chi connectivity index (χ0n) is 6.35. The maximum absolute atomic E-state index is 10.9. The molecule has 0 fully saturated rings. The van der Waals surface area contributed by atoms with Crippen molar-refractivity contribution in [1.82, 2.24) is 10.2 Å². The van der Waals surface area contributed by atoms with Crippen LogP contribution in [0.5, 0.6) is 0 Å². The minimum Gasteiger partial charge on any atom is -0.388 e. The molecule has 0 bridgehead atoms. The molecule has 0 atom stereocenters. The third kappa shape index (κ3) is 2.12. The van der Waals surface area contributed by atoms with Gasteiger partial charge in [-0.15, -0.1) is 5.10 Å². The van der Waals surface area contributed by atoms with Crippen molar-refractivity contribution in [3.8, 4) is 0 Å². The Bertz CT molecular complexity index is 297. The SMILES string of the molecule is CC(=O)OC(=O)c1cccnn1. The number of carbonyl (C=O) groups is 2. The van der Waals surface area contributed by atoms with E-state index in [2.05, 4.69) is 14.9 Å². The summed E-state index contributed by atoms with van der Waals surface area (Å²) in [4.78, 5) is 21.2. The maximum Gasteiger partial charge on any atom is 0.366 e. The van der Waals surface area contributed by atoms with Crippen LogP contribution in [0.1, 0.15) is 17.4 Å². The molecule has 0 unspecified atom stereocenters. The van der Waals surface area contributed by atoms with Crippen LogP contribution in [-0.2, 0) is 9.53 Å². The second kappa shape index (κ2) is 3.56. The number of esters is 2. The molecule has 0 N–H and O–H groups in total. The average molecular weight is 166 g/mol. The zero-order chi connectivity index (χ0) is 8.97. The van der Waals surface area contributed by atoms with Gasteiger partial charge in [0.2, 0.25) is 0 Å². The van der Waals surface area contributed by atoms with Crippen molar-refractivity contribution in [3.05, 3.63) is 24.0 Å². The molecule has 1 aromatic rings. The Labute approximate surface area is 68.4 Å². The highest BCUT2D eigenvalue weighted by atomic mass is 16.6. The molecule has 0 aliphatic heterocycles. The largest absolute Gasteiger partial charge is 0.388 e. The molecule has 1 rings (SSSR count). The summed E-state index contributed by atoms with van der Waals surface area (Å²) in [6, 6.07) is 2.95. The maximum atomic E-state index is 10.9. The summed E-state index contributed by atoms with van der Waals surface area (Å²) in [5.41, 5.74) is 0.0210. The van der Waals surface area contributed by atoms with Gasteiger partial charge in [0.25, 0.3) is 0 Å². The lowest BCUT2D eigenvalue weighted by Gasteiger charge is -1.95. The van der Waals surface area contributed by atoms with Gasteiger partial charge in [0.05, 0.1) is 0 Å². The van der Waals surface area contributed by atoms with Crippen LogP contribution >= 0.6 is 0 Å². The number of ether oxygens (including phenoxy) is 1. The molecule has 0 aliphatic rings. The number of hydrogen-bond donors (Lipinski definition) is 0. The van der Waals surface area contributed by atoms with E-state index < -0.39 is 11.9 Å². The third-order valence-electron chi connectivity index (χ3n) is 1.02. The first-order valence-electron chi connectivity index (χ1n) is 3.20. The van der Waals surface area contributed by atoms with Crippen molar-refractivity contribution >= 4 is 11.9 Å². The summed E-state index contributed by atoms with van der Waals surface area (Å²) < 4.78 is 4.26. The van der Waals surface area contributed by atoms with Crippen molar-refractivity contribution in [2.24, 2.45) is 0 Å². The monoisotopic (exact) mass is 166 g/mol. The Kier molecular flexibility index (Phi) is 2.47. The van der Waals surface area contributed by atoms with Crippen molar-refractivity contribution < 1.29 is 14.3 Å². The smallest absolute Gasteiger partial charge is 0.366 e. The second-order valence-corrected chi connectivity index (χ2v) is 1.99. The predicted molar refractivity (Wildman–Crippen MR) is 38.1 cm³/mol. The minimum atomic E-state index is -0.782. The van der Waals surface area contributed by atoms with Crippen LogP contribution in [0, 0.1) is 0 Å². The predicted octanol–water partition coefficient (Wildman–Crippen LogP) is 0.180.